The number of hydrogen-bond donors (Lipinski definition) is 3. The third-order valence-electron chi connectivity index (χ3n) is 6.35. The summed E-state index contributed by atoms with van der Waals surface area (Å²) < 4.78 is 11.0. The summed E-state index contributed by atoms with van der Waals surface area (Å²) in [7, 11) is 1.63. The molecule has 2 aliphatic rings. The van der Waals surface area contributed by atoms with Crippen molar-refractivity contribution in [3.05, 3.63) is 71.4 Å². The lowest BCUT2D eigenvalue weighted by Gasteiger charge is -2.34. The number of nitrogens with one attached hydrogen (secondary N) is 3. The fourth-order valence-electron chi connectivity index (χ4n) is 4.22. The van der Waals surface area contributed by atoms with E-state index in [9.17, 15) is 4.79 Å². The number of carbonyl (C=O) groups is 1. The molecule has 1 saturated carbocycles. The molecule has 1 aliphatic carbocycles. The molecule has 1 aliphatic heterocycles. The van der Waals surface area contributed by atoms with Gasteiger partial charge in [-0.25, -0.2) is 0 Å². The fourth-order valence-corrected chi connectivity index (χ4v) is 4.22. The average molecular weight is 433 g/mol. The highest BCUT2D eigenvalue weighted by molar-refractivity contribution is 5.91. The normalized spacial score (nSPS) is 20.2. The Balaban J connectivity index is 1.10. The van der Waals surface area contributed by atoms with Crippen LogP contribution in [-0.2, 0) is 11.2 Å². The van der Waals surface area contributed by atoms with Crippen molar-refractivity contribution in [1.82, 2.24) is 15.5 Å². The maximum atomic E-state index is 12.3. The Hall–Kier alpha value is -3.32. The molecule has 0 spiro atoms. The monoisotopic (exact) mass is 432 g/mol. The van der Waals surface area contributed by atoms with Crippen LogP contribution in [0.3, 0.4) is 0 Å². The van der Waals surface area contributed by atoms with E-state index in [0.29, 0.717) is 30.2 Å². The zero-order chi connectivity index (χ0) is 21.9. The number of aromatic nitrogens is 2. The largest absolute Gasteiger partial charge is 0.497 e. The van der Waals surface area contributed by atoms with Crippen LogP contribution in [0, 0.1) is 0 Å². The molecule has 166 valence electrons. The number of nitrogens with zero attached hydrogens (tertiary/aromatic N) is 1. The summed E-state index contributed by atoms with van der Waals surface area (Å²) in [5.41, 5.74) is 3.30. The van der Waals surface area contributed by atoms with E-state index in [-0.39, 0.29) is 5.91 Å². The highest BCUT2D eigenvalue weighted by Crippen LogP contribution is 2.47. The second-order valence-electron chi connectivity index (χ2n) is 8.61. The summed E-state index contributed by atoms with van der Waals surface area (Å²) in [6.45, 7) is 1.86. The van der Waals surface area contributed by atoms with Crippen LogP contribution in [0.25, 0.3) is 0 Å². The second-order valence-corrected chi connectivity index (χ2v) is 8.61. The smallest absolute Gasteiger partial charge is 0.229 e. The number of hydrogen-bond acceptors (Lipinski definition) is 5. The zero-order valence-electron chi connectivity index (χ0n) is 18.1. The van der Waals surface area contributed by atoms with Crippen molar-refractivity contribution >= 4 is 11.7 Å². The van der Waals surface area contributed by atoms with Crippen molar-refractivity contribution in [2.24, 2.45) is 0 Å². The first kappa shape index (κ1) is 20.6. The first-order chi connectivity index (χ1) is 15.7. The molecule has 5 rings (SSSR count). The maximum absolute atomic E-state index is 12.3. The van der Waals surface area contributed by atoms with Gasteiger partial charge in [0.05, 0.1) is 19.2 Å². The van der Waals surface area contributed by atoms with Gasteiger partial charge in [-0.05, 0) is 54.2 Å². The first-order valence-corrected chi connectivity index (χ1v) is 11.1. The number of methoxy groups -OCH3 is 1. The number of amides is 1. The molecule has 7 nitrogen and oxygen atoms in total. The minimum Gasteiger partial charge on any atom is -0.497 e. The van der Waals surface area contributed by atoms with E-state index in [2.05, 4.69) is 45.1 Å². The van der Waals surface area contributed by atoms with Crippen LogP contribution in [0.2, 0.25) is 0 Å². The lowest BCUT2D eigenvalue weighted by molar-refractivity contribution is -0.115. The number of benzene rings is 2. The summed E-state index contributed by atoms with van der Waals surface area (Å²) in [4.78, 5) is 12.3. The van der Waals surface area contributed by atoms with E-state index in [1.165, 1.54) is 5.56 Å². The van der Waals surface area contributed by atoms with Gasteiger partial charge in [0.1, 0.15) is 23.4 Å². The number of rotatable bonds is 8. The molecule has 2 heterocycles. The molecule has 1 aromatic heterocycles. The topological polar surface area (TPSA) is 88.3 Å². The third-order valence-corrected chi connectivity index (χ3v) is 6.35. The second kappa shape index (κ2) is 9.04. The molecule has 7 heteroatoms. The van der Waals surface area contributed by atoms with Crippen LogP contribution in [0.5, 0.6) is 11.5 Å². The average Bonchev–Trinajstić information content (AvgIpc) is 3.19. The number of anilines is 1. The van der Waals surface area contributed by atoms with E-state index in [1.54, 1.807) is 7.11 Å². The summed E-state index contributed by atoms with van der Waals surface area (Å²) in [5, 5.41) is 13.5. The molecule has 0 bridgehead atoms. The number of H-pyrrole nitrogens is 1. The van der Waals surface area contributed by atoms with Crippen molar-refractivity contribution in [1.29, 1.82) is 0 Å². The van der Waals surface area contributed by atoms with E-state index < -0.39 is 0 Å². The maximum Gasteiger partial charge on any atom is 0.229 e. The standard InChI is InChI=1S/C25H28N4O3/c1-31-20-6-2-16(3-7-20)10-25(30)27-24-13-23(28-29-24)19-11-18(12-19)17-4-8-21(9-5-17)32-22-14-26-15-22/h2-9,13,18-19,22,26H,10-12,14-15H2,1H3,(H2,27,28,29,30). The predicted octanol–water partition coefficient (Wildman–Crippen LogP) is 3.61. The SMILES string of the molecule is COc1ccc(CC(=O)Nc2cc(C3CC(c4ccc(OC5CNC5)cc4)C3)n[nH]2)cc1. The molecule has 1 amide bonds. The molecule has 0 unspecified atom stereocenters. The molecule has 32 heavy (non-hydrogen) atoms. The molecule has 3 aromatic rings. The van der Waals surface area contributed by atoms with Crippen molar-refractivity contribution < 1.29 is 14.3 Å². The minimum atomic E-state index is -0.0724. The first-order valence-electron chi connectivity index (χ1n) is 11.1. The zero-order valence-corrected chi connectivity index (χ0v) is 18.1. The van der Waals surface area contributed by atoms with Gasteiger partial charge in [-0.15, -0.1) is 0 Å². The number of aromatic amines is 1. The van der Waals surface area contributed by atoms with Crippen LogP contribution >= 0.6 is 0 Å². The summed E-state index contributed by atoms with van der Waals surface area (Å²) in [5.74, 6) is 3.26. The highest BCUT2D eigenvalue weighted by atomic mass is 16.5. The predicted molar refractivity (Wildman–Crippen MR) is 122 cm³/mol. The Labute approximate surface area is 187 Å². The van der Waals surface area contributed by atoms with Crippen molar-refractivity contribution in [2.45, 2.75) is 37.2 Å². The van der Waals surface area contributed by atoms with Crippen LogP contribution in [0.1, 0.15) is 41.5 Å². The van der Waals surface area contributed by atoms with Gasteiger partial charge in [-0.2, -0.15) is 5.10 Å². The Morgan fingerprint density at radius 2 is 1.75 bits per heavy atom. The van der Waals surface area contributed by atoms with Crippen molar-refractivity contribution in [3.8, 4) is 11.5 Å². The number of ether oxygens (including phenoxy) is 2. The lowest BCUT2D eigenvalue weighted by atomic mass is 9.70. The molecule has 0 radical (unpaired) electrons. The molecule has 0 atom stereocenters. The fraction of sp³-hybridized carbons (Fsp3) is 0.360. The number of carbonyl (C=O) groups excluding carboxylic acids is 1. The quantitative estimate of drug-likeness (QED) is 0.506. The Morgan fingerprint density at radius 1 is 1.03 bits per heavy atom. The van der Waals surface area contributed by atoms with E-state index in [0.717, 1.165) is 48.7 Å². The Kier molecular flexibility index (Phi) is 5.81. The molecule has 3 N–H and O–H groups in total. The summed E-state index contributed by atoms with van der Waals surface area (Å²) >= 11 is 0. The van der Waals surface area contributed by atoms with Crippen LogP contribution in [0.15, 0.2) is 54.6 Å². The Bertz CT molecular complexity index is 1050. The van der Waals surface area contributed by atoms with Gasteiger partial charge >= 0.3 is 0 Å². The van der Waals surface area contributed by atoms with Crippen molar-refractivity contribution in [3.63, 3.8) is 0 Å². The van der Waals surface area contributed by atoms with Gasteiger partial charge in [0, 0.05) is 25.1 Å². The molecule has 2 aromatic carbocycles. The molecular weight excluding hydrogens is 404 g/mol. The van der Waals surface area contributed by atoms with Crippen LogP contribution in [-0.4, -0.2) is 42.4 Å². The van der Waals surface area contributed by atoms with Crippen LogP contribution in [0.4, 0.5) is 5.82 Å². The molecule has 2 fully saturated rings. The van der Waals surface area contributed by atoms with E-state index in [4.69, 9.17) is 9.47 Å². The van der Waals surface area contributed by atoms with E-state index in [1.807, 2.05) is 30.3 Å². The third kappa shape index (κ3) is 4.62. The van der Waals surface area contributed by atoms with Crippen molar-refractivity contribution in [2.75, 3.05) is 25.5 Å². The minimum absolute atomic E-state index is 0.0724. The highest BCUT2D eigenvalue weighted by Gasteiger charge is 2.33. The van der Waals surface area contributed by atoms with Gasteiger partial charge < -0.3 is 20.1 Å². The summed E-state index contributed by atoms with van der Waals surface area (Å²) in [6, 6.07) is 18.0. The van der Waals surface area contributed by atoms with Gasteiger partial charge in [-0.1, -0.05) is 24.3 Å². The molecular formula is C25H28N4O3. The van der Waals surface area contributed by atoms with Gasteiger partial charge in [0.25, 0.3) is 0 Å². The Morgan fingerprint density at radius 3 is 2.41 bits per heavy atom. The van der Waals surface area contributed by atoms with Gasteiger partial charge in [0.15, 0.2) is 0 Å². The summed E-state index contributed by atoms with van der Waals surface area (Å²) in [6.07, 6.45) is 2.74. The van der Waals surface area contributed by atoms with Crippen LogP contribution < -0.4 is 20.1 Å². The van der Waals surface area contributed by atoms with E-state index >= 15 is 0 Å². The molecule has 1 saturated heterocycles. The van der Waals surface area contributed by atoms with Gasteiger partial charge in [-0.3, -0.25) is 9.89 Å². The van der Waals surface area contributed by atoms with Gasteiger partial charge in [0.2, 0.25) is 5.91 Å². The lowest BCUT2D eigenvalue weighted by Crippen LogP contribution is -2.50.